The molecule has 2 rings (SSSR count). The Morgan fingerprint density at radius 2 is 2.04 bits per heavy atom. The van der Waals surface area contributed by atoms with Gasteiger partial charge in [0.1, 0.15) is 12.4 Å². The standard InChI is InChI=1S/C20H19FN2O2/c21-19-14-16(9-10-18(19)11-12-22)6-4-5-13-23-20(24)25-15-17-7-2-1-3-8-17/h1-4,6-10,14H,5,11,13,15H2,(H,23,24). The Labute approximate surface area is 146 Å². The summed E-state index contributed by atoms with van der Waals surface area (Å²) in [6.45, 7) is 0.663. The van der Waals surface area contributed by atoms with E-state index in [1.54, 1.807) is 18.2 Å². The van der Waals surface area contributed by atoms with Gasteiger partial charge in [-0.15, -0.1) is 0 Å². The molecule has 128 valence electrons. The summed E-state index contributed by atoms with van der Waals surface area (Å²) in [6.07, 6.45) is 3.81. The second-order valence-corrected chi connectivity index (χ2v) is 5.37. The Morgan fingerprint density at radius 3 is 2.76 bits per heavy atom. The summed E-state index contributed by atoms with van der Waals surface area (Å²) in [5, 5.41) is 11.2. The molecule has 0 aromatic heterocycles. The molecule has 0 atom stereocenters. The summed E-state index contributed by atoms with van der Waals surface area (Å²) in [5.74, 6) is -0.383. The molecule has 0 aliphatic rings. The van der Waals surface area contributed by atoms with Gasteiger partial charge in [0.15, 0.2) is 0 Å². The minimum Gasteiger partial charge on any atom is -0.445 e. The van der Waals surface area contributed by atoms with Crippen molar-refractivity contribution in [2.45, 2.75) is 19.4 Å². The fraction of sp³-hybridized carbons (Fsp3) is 0.200. The first-order valence-corrected chi connectivity index (χ1v) is 7.95. The topological polar surface area (TPSA) is 62.1 Å². The van der Waals surface area contributed by atoms with Crippen molar-refractivity contribution in [3.8, 4) is 6.07 Å². The maximum Gasteiger partial charge on any atom is 0.407 e. The lowest BCUT2D eigenvalue weighted by atomic mass is 10.1. The normalized spacial score (nSPS) is 10.4. The van der Waals surface area contributed by atoms with Gasteiger partial charge in [-0.2, -0.15) is 5.26 Å². The number of nitrogens with one attached hydrogen (secondary N) is 1. The highest BCUT2D eigenvalue weighted by molar-refractivity contribution is 5.67. The number of hydrogen-bond donors (Lipinski definition) is 1. The number of nitriles is 1. The van der Waals surface area contributed by atoms with E-state index in [4.69, 9.17) is 10.00 Å². The van der Waals surface area contributed by atoms with Crippen molar-refractivity contribution in [1.29, 1.82) is 5.26 Å². The largest absolute Gasteiger partial charge is 0.445 e. The van der Waals surface area contributed by atoms with E-state index in [0.717, 1.165) is 5.56 Å². The van der Waals surface area contributed by atoms with Gasteiger partial charge in [-0.3, -0.25) is 0 Å². The average Bonchev–Trinajstić information content (AvgIpc) is 2.63. The van der Waals surface area contributed by atoms with E-state index in [0.29, 0.717) is 24.1 Å². The van der Waals surface area contributed by atoms with E-state index in [1.807, 2.05) is 42.5 Å². The summed E-state index contributed by atoms with van der Waals surface area (Å²) in [4.78, 5) is 11.6. The van der Waals surface area contributed by atoms with Crippen LogP contribution in [0.1, 0.15) is 23.1 Å². The number of ether oxygens (including phenoxy) is 1. The lowest BCUT2D eigenvalue weighted by Gasteiger charge is -2.06. The second kappa shape index (κ2) is 9.89. The number of carbonyl (C=O) groups excluding carboxylic acids is 1. The predicted octanol–water partition coefficient (Wildman–Crippen LogP) is 4.22. The highest BCUT2D eigenvalue weighted by Crippen LogP contribution is 2.12. The average molecular weight is 338 g/mol. The summed E-state index contributed by atoms with van der Waals surface area (Å²) < 4.78 is 18.8. The number of carbonyl (C=O) groups is 1. The molecule has 0 radical (unpaired) electrons. The van der Waals surface area contributed by atoms with Crippen molar-refractivity contribution in [1.82, 2.24) is 5.32 Å². The number of hydrogen-bond acceptors (Lipinski definition) is 3. The van der Waals surface area contributed by atoms with Crippen LogP contribution in [0.25, 0.3) is 6.08 Å². The zero-order valence-corrected chi connectivity index (χ0v) is 13.7. The smallest absolute Gasteiger partial charge is 0.407 e. The molecule has 5 heteroatoms. The van der Waals surface area contributed by atoms with Crippen LogP contribution in [0.15, 0.2) is 54.6 Å². The van der Waals surface area contributed by atoms with Gasteiger partial charge in [-0.05, 0) is 23.6 Å². The zero-order valence-electron chi connectivity index (χ0n) is 13.7. The van der Waals surface area contributed by atoms with Crippen LogP contribution in [0.4, 0.5) is 9.18 Å². The van der Waals surface area contributed by atoms with Gasteiger partial charge in [0, 0.05) is 12.1 Å². The first-order valence-electron chi connectivity index (χ1n) is 7.95. The Balaban J connectivity index is 1.68. The first-order chi connectivity index (χ1) is 12.2. The molecule has 0 aliphatic heterocycles. The van der Waals surface area contributed by atoms with Gasteiger partial charge in [0.2, 0.25) is 0 Å². The second-order valence-electron chi connectivity index (χ2n) is 5.37. The van der Waals surface area contributed by atoms with Crippen molar-refractivity contribution in [3.63, 3.8) is 0 Å². The van der Waals surface area contributed by atoms with E-state index in [1.165, 1.54) is 6.07 Å². The van der Waals surface area contributed by atoms with E-state index in [-0.39, 0.29) is 18.8 Å². The van der Waals surface area contributed by atoms with Crippen LogP contribution in [0.3, 0.4) is 0 Å². The van der Waals surface area contributed by atoms with Gasteiger partial charge in [0.25, 0.3) is 0 Å². The molecule has 25 heavy (non-hydrogen) atoms. The van der Waals surface area contributed by atoms with Crippen molar-refractivity contribution in [2.75, 3.05) is 6.54 Å². The predicted molar refractivity (Wildman–Crippen MR) is 94.0 cm³/mol. The Kier molecular flexibility index (Phi) is 7.20. The molecule has 0 spiro atoms. The van der Waals surface area contributed by atoms with Crippen molar-refractivity contribution in [2.24, 2.45) is 0 Å². The maximum absolute atomic E-state index is 13.7. The number of halogens is 1. The summed E-state index contributed by atoms with van der Waals surface area (Å²) in [7, 11) is 0. The van der Waals surface area contributed by atoms with Gasteiger partial charge in [-0.25, -0.2) is 9.18 Å². The molecule has 0 saturated carbocycles. The molecule has 0 heterocycles. The quantitative estimate of drug-likeness (QED) is 0.769. The number of benzene rings is 2. The number of amides is 1. The summed E-state index contributed by atoms with van der Waals surface area (Å²) in [6, 6.07) is 16.1. The number of alkyl carbamates (subject to hydrolysis) is 1. The van der Waals surface area contributed by atoms with Gasteiger partial charge >= 0.3 is 6.09 Å². The Bertz CT molecular complexity index is 767. The third kappa shape index (κ3) is 6.48. The van der Waals surface area contributed by atoms with Gasteiger partial charge < -0.3 is 10.1 Å². The van der Waals surface area contributed by atoms with Crippen LogP contribution >= 0.6 is 0 Å². The maximum atomic E-state index is 13.7. The Hall–Kier alpha value is -3.13. The van der Waals surface area contributed by atoms with Crippen molar-refractivity contribution >= 4 is 12.2 Å². The SMILES string of the molecule is N#CCc1ccc(C=CCCNC(=O)OCc2ccccc2)cc1F. The monoisotopic (exact) mass is 338 g/mol. The summed E-state index contributed by atoms with van der Waals surface area (Å²) >= 11 is 0. The van der Waals surface area contributed by atoms with E-state index in [9.17, 15) is 9.18 Å². The highest BCUT2D eigenvalue weighted by Gasteiger charge is 2.02. The van der Waals surface area contributed by atoms with Gasteiger partial charge in [0.05, 0.1) is 12.5 Å². The van der Waals surface area contributed by atoms with Crippen molar-refractivity contribution < 1.29 is 13.9 Å². The number of rotatable bonds is 7. The molecule has 4 nitrogen and oxygen atoms in total. The van der Waals surface area contributed by atoms with Crippen LogP contribution in [0.2, 0.25) is 0 Å². The lowest BCUT2D eigenvalue weighted by Crippen LogP contribution is -2.24. The molecule has 1 amide bonds. The van der Waals surface area contributed by atoms with E-state index in [2.05, 4.69) is 5.32 Å². The minimum atomic E-state index is -0.468. The lowest BCUT2D eigenvalue weighted by molar-refractivity contribution is 0.140. The summed E-state index contributed by atoms with van der Waals surface area (Å²) in [5.41, 5.74) is 2.03. The van der Waals surface area contributed by atoms with Crippen LogP contribution in [0, 0.1) is 17.1 Å². The Morgan fingerprint density at radius 1 is 1.24 bits per heavy atom. The zero-order chi connectivity index (χ0) is 17.9. The van der Waals surface area contributed by atoms with Crippen molar-refractivity contribution in [3.05, 3.63) is 77.1 Å². The molecule has 2 aromatic rings. The molecule has 1 N–H and O–H groups in total. The molecule has 0 saturated heterocycles. The van der Waals surface area contributed by atoms with Crippen LogP contribution in [-0.2, 0) is 17.8 Å². The molecular formula is C20H19FN2O2. The van der Waals surface area contributed by atoms with E-state index >= 15 is 0 Å². The first kappa shape index (κ1) is 18.2. The number of nitrogens with zero attached hydrogens (tertiary/aromatic N) is 1. The fourth-order valence-electron chi connectivity index (χ4n) is 2.15. The molecular weight excluding hydrogens is 319 g/mol. The highest BCUT2D eigenvalue weighted by atomic mass is 19.1. The molecule has 0 bridgehead atoms. The van der Waals surface area contributed by atoms with Crippen LogP contribution in [-0.4, -0.2) is 12.6 Å². The third-order valence-corrected chi connectivity index (χ3v) is 3.45. The minimum absolute atomic E-state index is 0.0604. The third-order valence-electron chi connectivity index (χ3n) is 3.45. The molecule has 0 fully saturated rings. The molecule has 2 aromatic carbocycles. The van der Waals surface area contributed by atoms with Crippen LogP contribution in [0.5, 0.6) is 0 Å². The molecule has 0 unspecified atom stereocenters. The van der Waals surface area contributed by atoms with E-state index < -0.39 is 6.09 Å². The van der Waals surface area contributed by atoms with Crippen LogP contribution < -0.4 is 5.32 Å². The van der Waals surface area contributed by atoms with Gasteiger partial charge in [-0.1, -0.05) is 54.6 Å². The molecule has 0 aliphatic carbocycles. The fourth-order valence-corrected chi connectivity index (χ4v) is 2.15.